The number of aryl methyl sites for hydroxylation is 1. The molecule has 0 radical (unpaired) electrons. The number of thioether (sulfide) groups is 1. The molecule has 6 nitrogen and oxygen atoms in total. The zero-order chi connectivity index (χ0) is 19.4. The number of rotatable bonds is 7. The van der Waals surface area contributed by atoms with Gasteiger partial charge < -0.3 is 9.30 Å². The third kappa shape index (κ3) is 4.48. The van der Waals surface area contributed by atoms with Crippen LogP contribution in [0.5, 0.6) is 5.75 Å². The maximum absolute atomic E-state index is 12.6. The molecule has 0 saturated carbocycles. The first-order valence-electron chi connectivity index (χ1n) is 7.97. The van der Waals surface area contributed by atoms with Gasteiger partial charge in [-0.2, -0.15) is 8.78 Å². The van der Waals surface area contributed by atoms with Crippen molar-refractivity contribution in [3.63, 3.8) is 0 Å². The van der Waals surface area contributed by atoms with Gasteiger partial charge in [-0.3, -0.25) is 9.78 Å². The lowest BCUT2D eigenvalue weighted by Crippen LogP contribution is -2.10. The molecule has 2 heterocycles. The molecule has 0 bridgehead atoms. The van der Waals surface area contributed by atoms with Gasteiger partial charge in [0.25, 0.3) is 0 Å². The summed E-state index contributed by atoms with van der Waals surface area (Å²) in [6.07, 6.45) is 3.31. The topological polar surface area (TPSA) is 69.9 Å². The Hall–Kier alpha value is -2.81. The molecule has 27 heavy (non-hydrogen) atoms. The van der Waals surface area contributed by atoms with Crippen LogP contribution in [0.15, 0.2) is 47.9 Å². The number of ether oxygens (including phenoxy) is 1. The van der Waals surface area contributed by atoms with Crippen molar-refractivity contribution in [1.82, 2.24) is 19.7 Å². The van der Waals surface area contributed by atoms with Crippen molar-refractivity contribution in [3.05, 3.63) is 53.9 Å². The normalized spacial score (nSPS) is 11.0. The summed E-state index contributed by atoms with van der Waals surface area (Å²) < 4.78 is 31.4. The van der Waals surface area contributed by atoms with Crippen LogP contribution in [0.3, 0.4) is 0 Å². The van der Waals surface area contributed by atoms with Crippen molar-refractivity contribution < 1.29 is 18.3 Å². The number of nitrogens with zero attached hydrogens (tertiary/aromatic N) is 4. The number of alkyl halides is 2. The molecular weight excluding hydrogens is 374 g/mol. The van der Waals surface area contributed by atoms with Gasteiger partial charge >= 0.3 is 6.61 Å². The molecule has 0 spiro atoms. The Kier molecular flexibility index (Phi) is 5.80. The van der Waals surface area contributed by atoms with Gasteiger partial charge in [0.15, 0.2) is 16.8 Å². The van der Waals surface area contributed by atoms with Crippen molar-refractivity contribution in [2.24, 2.45) is 7.05 Å². The van der Waals surface area contributed by atoms with E-state index >= 15 is 0 Å². The number of halogens is 2. The van der Waals surface area contributed by atoms with E-state index in [9.17, 15) is 13.6 Å². The molecule has 3 aromatic rings. The van der Waals surface area contributed by atoms with Crippen LogP contribution in [0.4, 0.5) is 8.78 Å². The van der Waals surface area contributed by atoms with Crippen molar-refractivity contribution in [2.75, 3.05) is 5.75 Å². The van der Waals surface area contributed by atoms with Gasteiger partial charge in [-0.25, -0.2) is 0 Å². The highest BCUT2D eigenvalue weighted by atomic mass is 32.2. The highest BCUT2D eigenvalue weighted by Crippen LogP contribution is 2.26. The molecule has 0 fully saturated rings. The lowest BCUT2D eigenvalue weighted by atomic mass is 10.1. The number of ketones is 1. The minimum atomic E-state index is -2.99. The average molecular weight is 390 g/mol. The summed E-state index contributed by atoms with van der Waals surface area (Å²) in [7, 11) is 1.79. The zero-order valence-corrected chi connectivity index (χ0v) is 15.4. The number of pyridine rings is 1. The van der Waals surface area contributed by atoms with Gasteiger partial charge in [-0.05, 0) is 31.2 Å². The van der Waals surface area contributed by atoms with Gasteiger partial charge in [0, 0.05) is 25.0 Å². The second-order valence-corrected chi connectivity index (χ2v) is 6.63. The lowest BCUT2D eigenvalue weighted by molar-refractivity contribution is -0.0501. The predicted octanol–water partition coefficient (Wildman–Crippen LogP) is 3.76. The smallest absolute Gasteiger partial charge is 0.387 e. The van der Waals surface area contributed by atoms with Crippen LogP contribution in [0.1, 0.15) is 15.9 Å². The number of hydrogen-bond acceptors (Lipinski definition) is 6. The molecule has 0 aliphatic rings. The second kappa shape index (κ2) is 8.26. The van der Waals surface area contributed by atoms with Crippen LogP contribution in [0.2, 0.25) is 0 Å². The van der Waals surface area contributed by atoms with E-state index in [1.54, 1.807) is 43.1 Å². The van der Waals surface area contributed by atoms with Gasteiger partial charge in [0.05, 0.1) is 11.3 Å². The molecule has 0 aliphatic heterocycles. The standard InChI is InChI=1S/C18H16F2N4O2S/c1-11-3-4-15(26-17(19)20)13(9-11)14(25)10-27-18-23-22-16(24(18)2)12-5-7-21-8-6-12/h3-9,17H,10H2,1-2H3. The summed E-state index contributed by atoms with van der Waals surface area (Å²) >= 11 is 1.18. The predicted molar refractivity (Wildman–Crippen MR) is 97.1 cm³/mol. The number of carbonyl (C=O) groups excluding carboxylic acids is 1. The van der Waals surface area contributed by atoms with Crippen molar-refractivity contribution >= 4 is 17.5 Å². The van der Waals surface area contributed by atoms with E-state index in [1.807, 2.05) is 12.1 Å². The van der Waals surface area contributed by atoms with E-state index in [-0.39, 0.29) is 22.8 Å². The van der Waals surface area contributed by atoms with Crippen LogP contribution in [-0.2, 0) is 7.05 Å². The summed E-state index contributed by atoms with van der Waals surface area (Å²) in [5.74, 6) is 0.208. The molecule has 9 heteroatoms. The van der Waals surface area contributed by atoms with Gasteiger partial charge in [-0.1, -0.05) is 23.4 Å². The van der Waals surface area contributed by atoms with Crippen LogP contribution in [0.25, 0.3) is 11.4 Å². The number of Topliss-reactive ketones (excluding diaryl/α,β-unsaturated/α-hetero) is 1. The highest BCUT2D eigenvalue weighted by Gasteiger charge is 2.18. The first kappa shape index (κ1) is 19.0. The average Bonchev–Trinajstić information content (AvgIpc) is 3.02. The fraction of sp³-hybridized carbons (Fsp3) is 0.222. The first-order valence-corrected chi connectivity index (χ1v) is 8.95. The van der Waals surface area contributed by atoms with E-state index in [0.29, 0.717) is 11.0 Å². The minimum Gasteiger partial charge on any atom is -0.434 e. The van der Waals surface area contributed by atoms with Crippen LogP contribution < -0.4 is 4.74 Å². The molecule has 0 unspecified atom stereocenters. The summed E-state index contributed by atoms with van der Waals surface area (Å²) in [6.45, 7) is -1.21. The monoisotopic (exact) mass is 390 g/mol. The van der Waals surface area contributed by atoms with E-state index in [4.69, 9.17) is 0 Å². The van der Waals surface area contributed by atoms with E-state index in [2.05, 4.69) is 19.9 Å². The van der Waals surface area contributed by atoms with E-state index in [1.165, 1.54) is 17.8 Å². The molecule has 3 rings (SSSR count). The third-order valence-corrected chi connectivity index (χ3v) is 4.78. The zero-order valence-electron chi connectivity index (χ0n) is 14.6. The minimum absolute atomic E-state index is 0.0192. The Morgan fingerprint density at radius 2 is 1.96 bits per heavy atom. The van der Waals surface area contributed by atoms with E-state index < -0.39 is 6.61 Å². The summed E-state index contributed by atoms with van der Waals surface area (Å²) in [5.41, 5.74) is 1.76. The maximum atomic E-state index is 12.6. The highest BCUT2D eigenvalue weighted by molar-refractivity contribution is 7.99. The first-order chi connectivity index (χ1) is 13.0. The Bertz CT molecular complexity index is 948. The Labute approximate surface area is 158 Å². The molecule has 0 saturated heterocycles. The fourth-order valence-corrected chi connectivity index (χ4v) is 3.26. The van der Waals surface area contributed by atoms with Crippen molar-refractivity contribution in [2.45, 2.75) is 18.7 Å². The van der Waals surface area contributed by atoms with Crippen LogP contribution in [-0.4, -0.2) is 37.9 Å². The maximum Gasteiger partial charge on any atom is 0.387 e. The Morgan fingerprint density at radius 3 is 2.67 bits per heavy atom. The molecule has 1 aromatic carbocycles. The summed E-state index contributed by atoms with van der Waals surface area (Å²) in [4.78, 5) is 16.5. The largest absolute Gasteiger partial charge is 0.434 e. The SMILES string of the molecule is Cc1ccc(OC(F)F)c(C(=O)CSc2nnc(-c3ccncc3)n2C)c1. The van der Waals surface area contributed by atoms with Gasteiger partial charge in [-0.15, -0.1) is 10.2 Å². The second-order valence-electron chi connectivity index (χ2n) is 5.69. The molecule has 0 atom stereocenters. The molecule has 140 valence electrons. The van der Waals surface area contributed by atoms with Gasteiger partial charge in [0.1, 0.15) is 5.75 Å². The van der Waals surface area contributed by atoms with Crippen molar-refractivity contribution in [1.29, 1.82) is 0 Å². The molecule has 0 N–H and O–H groups in total. The van der Waals surface area contributed by atoms with Gasteiger partial charge in [0.2, 0.25) is 0 Å². The Balaban J connectivity index is 1.75. The van der Waals surface area contributed by atoms with Crippen molar-refractivity contribution in [3.8, 4) is 17.1 Å². The van der Waals surface area contributed by atoms with Crippen LogP contribution in [0, 0.1) is 6.92 Å². The van der Waals surface area contributed by atoms with E-state index in [0.717, 1.165) is 11.1 Å². The number of benzene rings is 1. The molecular formula is C18H16F2N4O2S. The molecule has 0 aliphatic carbocycles. The molecule has 0 amide bonds. The fourth-order valence-electron chi connectivity index (χ4n) is 2.46. The lowest BCUT2D eigenvalue weighted by Gasteiger charge is -2.10. The summed E-state index contributed by atoms with van der Waals surface area (Å²) in [5, 5.41) is 8.78. The number of aromatic nitrogens is 4. The number of carbonyl (C=O) groups is 1. The Morgan fingerprint density at radius 1 is 1.22 bits per heavy atom. The van der Waals surface area contributed by atoms with Crippen LogP contribution >= 0.6 is 11.8 Å². The third-order valence-electron chi connectivity index (χ3n) is 3.76. The number of hydrogen-bond donors (Lipinski definition) is 0. The summed E-state index contributed by atoms with van der Waals surface area (Å²) in [6, 6.07) is 8.16. The quantitative estimate of drug-likeness (QED) is 0.452. The molecule has 2 aromatic heterocycles.